The molecule has 0 aromatic rings. The quantitative estimate of drug-likeness (QED) is 0.243. The molecule has 0 aromatic carbocycles. The molecule has 172 valence electrons. The van der Waals surface area contributed by atoms with Gasteiger partial charge in [-0.1, -0.05) is 51.4 Å². The van der Waals surface area contributed by atoms with Crippen LogP contribution in [0.4, 0.5) is 0 Å². The molecular formula is C21H40ClNO6. The molecule has 2 unspecified atom stereocenters. The van der Waals surface area contributed by atoms with E-state index in [9.17, 15) is 19.5 Å². The summed E-state index contributed by atoms with van der Waals surface area (Å²) >= 11 is 0. The number of hydrogen-bond donors (Lipinski definition) is 2. The lowest BCUT2D eigenvalue weighted by Gasteiger charge is -2.11. The monoisotopic (exact) mass is 437 g/mol. The zero-order valence-corrected chi connectivity index (χ0v) is 18.8. The summed E-state index contributed by atoms with van der Waals surface area (Å²) in [5, 5.41) is 9.19. The fraction of sp³-hybridized carbons (Fsp3) is 0.857. The standard InChI is InChI=1S/C21H39NO6.ClH/c1-3-27-19(23)15-17(21(25)26)13-11-9-7-5-6-8-10-12-14-18(22)16-20(24)28-4-2;/h17-18H,3-16,22H2,1-2H3,(H,25,26);1H. The predicted molar refractivity (Wildman–Crippen MR) is 115 cm³/mol. The average molecular weight is 438 g/mol. The minimum Gasteiger partial charge on any atom is -0.481 e. The summed E-state index contributed by atoms with van der Waals surface area (Å²) in [6, 6.07) is -0.115. The van der Waals surface area contributed by atoms with E-state index >= 15 is 0 Å². The van der Waals surface area contributed by atoms with Gasteiger partial charge in [-0.25, -0.2) is 0 Å². The number of carbonyl (C=O) groups is 3. The van der Waals surface area contributed by atoms with Crippen LogP contribution in [0.5, 0.6) is 0 Å². The topological polar surface area (TPSA) is 116 Å². The lowest BCUT2D eigenvalue weighted by molar-refractivity contribution is -0.151. The van der Waals surface area contributed by atoms with Crippen molar-refractivity contribution in [2.45, 2.75) is 96.9 Å². The van der Waals surface area contributed by atoms with Gasteiger partial charge in [-0.15, -0.1) is 12.4 Å². The maximum atomic E-state index is 11.4. The smallest absolute Gasteiger partial charge is 0.307 e. The molecule has 0 rings (SSSR count). The number of nitrogens with two attached hydrogens (primary N) is 1. The van der Waals surface area contributed by atoms with Crippen LogP contribution in [0, 0.1) is 5.92 Å². The maximum Gasteiger partial charge on any atom is 0.307 e. The van der Waals surface area contributed by atoms with Gasteiger partial charge in [-0.2, -0.15) is 0 Å². The summed E-state index contributed by atoms with van der Waals surface area (Å²) in [6.45, 7) is 4.18. The van der Waals surface area contributed by atoms with Gasteiger partial charge in [-0.05, 0) is 26.7 Å². The molecule has 2 atom stereocenters. The molecular weight excluding hydrogens is 398 g/mol. The summed E-state index contributed by atoms with van der Waals surface area (Å²) < 4.78 is 9.71. The number of aliphatic carboxylic acids is 1. The number of ether oxygens (including phenoxy) is 2. The van der Waals surface area contributed by atoms with Crippen LogP contribution < -0.4 is 5.73 Å². The van der Waals surface area contributed by atoms with Crippen molar-refractivity contribution >= 4 is 30.3 Å². The van der Waals surface area contributed by atoms with Crippen LogP contribution >= 0.6 is 12.4 Å². The Labute approximate surface area is 181 Å². The predicted octanol–water partition coefficient (Wildman–Crippen LogP) is 4.24. The summed E-state index contributed by atoms with van der Waals surface area (Å²) in [5.41, 5.74) is 5.92. The first-order chi connectivity index (χ1) is 13.4. The number of carboxylic acids is 1. The van der Waals surface area contributed by atoms with E-state index in [1.165, 1.54) is 0 Å². The van der Waals surface area contributed by atoms with Gasteiger partial charge in [0, 0.05) is 6.04 Å². The van der Waals surface area contributed by atoms with Crippen molar-refractivity contribution in [1.29, 1.82) is 0 Å². The molecule has 0 fully saturated rings. The Hall–Kier alpha value is -1.34. The highest BCUT2D eigenvalue weighted by molar-refractivity contribution is 5.85. The van der Waals surface area contributed by atoms with Crippen molar-refractivity contribution in [2.75, 3.05) is 13.2 Å². The third kappa shape index (κ3) is 18.4. The normalized spacial score (nSPS) is 12.5. The van der Waals surface area contributed by atoms with E-state index in [4.69, 9.17) is 15.2 Å². The van der Waals surface area contributed by atoms with Gasteiger partial charge < -0.3 is 20.3 Å². The van der Waals surface area contributed by atoms with Gasteiger partial charge >= 0.3 is 17.9 Å². The Kier molecular flexibility index (Phi) is 20.5. The Balaban J connectivity index is 0. The Morgan fingerprint density at radius 1 is 0.759 bits per heavy atom. The number of carboxylic acid groups (broad SMARTS) is 1. The molecule has 0 saturated heterocycles. The average Bonchev–Trinajstić information content (AvgIpc) is 2.62. The van der Waals surface area contributed by atoms with Crippen LogP contribution in [-0.4, -0.2) is 42.3 Å². The minimum atomic E-state index is -0.922. The summed E-state index contributed by atoms with van der Waals surface area (Å²) in [4.78, 5) is 33.9. The number of esters is 2. The molecule has 0 amide bonds. The van der Waals surface area contributed by atoms with E-state index in [1.807, 2.05) is 0 Å². The van der Waals surface area contributed by atoms with Crippen LogP contribution in [-0.2, 0) is 23.9 Å². The van der Waals surface area contributed by atoms with Crippen molar-refractivity contribution in [2.24, 2.45) is 11.7 Å². The highest BCUT2D eigenvalue weighted by Crippen LogP contribution is 2.17. The molecule has 29 heavy (non-hydrogen) atoms. The van der Waals surface area contributed by atoms with Gasteiger partial charge in [0.1, 0.15) is 0 Å². The molecule has 0 radical (unpaired) electrons. The van der Waals surface area contributed by atoms with Gasteiger partial charge in [0.05, 0.1) is 32.0 Å². The summed E-state index contributed by atoms with van der Waals surface area (Å²) in [5.74, 6) is -2.22. The van der Waals surface area contributed by atoms with E-state index < -0.39 is 17.9 Å². The minimum absolute atomic E-state index is 0. The third-order valence-electron chi connectivity index (χ3n) is 4.68. The molecule has 0 aromatic heterocycles. The third-order valence-corrected chi connectivity index (χ3v) is 4.68. The number of hydrogen-bond acceptors (Lipinski definition) is 6. The SMILES string of the molecule is CCOC(=O)CC(N)CCCCCCCCCCC(CC(=O)OCC)C(=O)O.Cl. The zero-order chi connectivity index (χ0) is 21.2. The van der Waals surface area contributed by atoms with Gasteiger partial charge in [0.15, 0.2) is 0 Å². The van der Waals surface area contributed by atoms with Crippen LogP contribution in [0.1, 0.15) is 90.9 Å². The van der Waals surface area contributed by atoms with Crippen molar-refractivity contribution in [3.63, 3.8) is 0 Å². The van der Waals surface area contributed by atoms with Crippen molar-refractivity contribution < 1.29 is 29.0 Å². The van der Waals surface area contributed by atoms with E-state index in [-0.39, 0.29) is 37.4 Å². The van der Waals surface area contributed by atoms with Gasteiger partial charge in [0.2, 0.25) is 0 Å². The second-order valence-corrected chi connectivity index (χ2v) is 7.22. The molecule has 0 spiro atoms. The molecule has 0 aliphatic carbocycles. The lowest BCUT2D eigenvalue weighted by Crippen LogP contribution is -2.24. The molecule has 7 nitrogen and oxygen atoms in total. The van der Waals surface area contributed by atoms with Crippen LogP contribution in [0.3, 0.4) is 0 Å². The van der Waals surface area contributed by atoms with Crippen molar-refractivity contribution in [1.82, 2.24) is 0 Å². The number of rotatable bonds is 18. The fourth-order valence-corrected chi connectivity index (χ4v) is 3.13. The summed E-state index contributed by atoms with van der Waals surface area (Å²) in [6.07, 6.45) is 10.1. The second kappa shape index (κ2) is 20.0. The summed E-state index contributed by atoms with van der Waals surface area (Å²) in [7, 11) is 0. The van der Waals surface area contributed by atoms with Crippen LogP contribution in [0.15, 0.2) is 0 Å². The van der Waals surface area contributed by atoms with Crippen LogP contribution in [0.25, 0.3) is 0 Å². The molecule has 3 N–H and O–H groups in total. The first-order valence-electron chi connectivity index (χ1n) is 10.7. The zero-order valence-electron chi connectivity index (χ0n) is 18.0. The molecule has 0 bridgehead atoms. The first kappa shape index (κ1) is 29.9. The van der Waals surface area contributed by atoms with E-state index in [1.54, 1.807) is 13.8 Å². The molecule has 0 heterocycles. The van der Waals surface area contributed by atoms with Crippen LogP contribution in [0.2, 0.25) is 0 Å². The van der Waals surface area contributed by atoms with E-state index in [2.05, 4.69) is 0 Å². The highest BCUT2D eigenvalue weighted by Gasteiger charge is 2.21. The second-order valence-electron chi connectivity index (χ2n) is 7.22. The number of halogens is 1. The molecule has 8 heteroatoms. The van der Waals surface area contributed by atoms with Gasteiger partial charge in [-0.3, -0.25) is 14.4 Å². The first-order valence-corrected chi connectivity index (χ1v) is 10.7. The number of carbonyl (C=O) groups excluding carboxylic acids is 2. The van der Waals surface area contributed by atoms with E-state index in [0.717, 1.165) is 57.8 Å². The Morgan fingerprint density at radius 2 is 1.17 bits per heavy atom. The van der Waals surface area contributed by atoms with Crippen molar-refractivity contribution in [3.05, 3.63) is 0 Å². The number of unbranched alkanes of at least 4 members (excludes halogenated alkanes) is 7. The molecule has 0 aliphatic rings. The van der Waals surface area contributed by atoms with Crippen molar-refractivity contribution in [3.8, 4) is 0 Å². The van der Waals surface area contributed by atoms with E-state index in [0.29, 0.717) is 19.4 Å². The fourth-order valence-electron chi connectivity index (χ4n) is 3.13. The Bertz CT molecular complexity index is 447. The molecule has 0 aliphatic heterocycles. The largest absolute Gasteiger partial charge is 0.481 e. The van der Waals surface area contributed by atoms with Gasteiger partial charge in [0.25, 0.3) is 0 Å². The lowest BCUT2D eigenvalue weighted by atomic mass is 9.97. The Morgan fingerprint density at radius 3 is 1.62 bits per heavy atom. The highest BCUT2D eigenvalue weighted by atomic mass is 35.5. The molecule has 0 saturated carbocycles. The maximum absolute atomic E-state index is 11.4.